The van der Waals surface area contributed by atoms with Crippen molar-refractivity contribution < 1.29 is 22.7 Å². The topological polar surface area (TPSA) is 122 Å². The van der Waals surface area contributed by atoms with Gasteiger partial charge in [0.05, 0.1) is 22.7 Å². The molecule has 3 rings (SSSR count). The number of hydrogen-bond donors (Lipinski definition) is 2. The number of amides is 2. The van der Waals surface area contributed by atoms with E-state index in [0.29, 0.717) is 30.2 Å². The van der Waals surface area contributed by atoms with E-state index < -0.39 is 21.8 Å². The molecule has 0 unspecified atom stereocenters. The Morgan fingerprint density at radius 3 is 2.33 bits per heavy atom. The van der Waals surface area contributed by atoms with Gasteiger partial charge >= 0.3 is 0 Å². The number of primary amides is 1. The number of nitrogens with zero attached hydrogens (tertiary/aromatic N) is 2. The van der Waals surface area contributed by atoms with Crippen molar-refractivity contribution in [1.82, 2.24) is 4.31 Å². The smallest absolute Gasteiger partial charge is 0.262 e. The number of ether oxygens (including phenoxy) is 1. The van der Waals surface area contributed by atoms with Gasteiger partial charge in [-0.3, -0.25) is 9.59 Å². The molecule has 0 saturated carbocycles. The van der Waals surface area contributed by atoms with Crippen LogP contribution in [0.5, 0.6) is 5.75 Å². The van der Waals surface area contributed by atoms with Gasteiger partial charge in [0.2, 0.25) is 15.9 Å². The second-order valence-corrected chi connectivity index (χ2v) is 10.1. The number of carbonyl (C=O) groups is 2. The molecule has 10 heteroatoms. The zero-order valence-corrected chi connectivity index (χ0v) is 19.7. The third-order valence-electron chi connectivity index (χ3n) is 5.35. The van der Waals surface area contributed by atoms with E-state index >= 15 is 0 Å². The lowest BCUT2D eigenvalue weighted by Gasteiger charge is -2.26. The molecule has 1 aliphatic heterocycles. The quantitative estimate of drug-likeness (QED) is 0.573. The number of carbonyl (C=O) groups excluding carboxylic acids is 2. The van der Waals surface area contributed by atoms with Gasteiger partial charge in [0.25, 0.3) is 5.91 Å². The molecule has 0 bridgehead atoms. The summed E-state index contributed by atoms with van der Waals surface area (Å²) in [5, 5.41) is 2.77. The van der Waals surface area contributed by atoms with Crippen LogP contribution in [0.1, 0.15) is 24.8 Å². The number of anilines is 2. The number of rotatable bonds is 9. The summed E-state index contributed by atoms with van der Waals surface area (Å²) in [6.45, 7) is 0.752. The van der Waals surface area contributed by atoms with Crippen molar-refractivity contribution in [1.29, 1.82) is 0 Å². The van der Waals surface area contributed by atoms with Gasteiger partial charge in [-0.15, -0.1) is 0 Å². The van der Waals surface area contributed by atoms with Crippen LogP contribution in [-0.4, -0.2) is 58.3 Å². The maximum atomic E-state index is 13.1. The molecule has 0 aliphatic carbocycles. The van der Waals surface area contributed by atoms with Crippen molar-refractivity contribution in [3.63, 3.8) is 0 Å². The number of piperidine rings is 1. The summed E-state index contributed by atoms with van der Waals surface area (Å²) in [6.07, 6.45) is 2.85. The molecule has 1 aliphatic rings. The molecule has 0 spiro atoms. The summed E-state index contributed by atoms with van der Waals surface area (Å²) in [6, 6.07) is 11.5. The molecule has 9 nitrogen and oxygen atoms in total. The second-order valence-electron chi connectivity index (χ2n) is 8.16. The Morgan fingerprint density at radius 2 is 1.73 bits per heavy atom. The normalized spacial score (nSPS) is 14.5. The molecular formula is C23H30N4O5S. The van der Waals surface area contributed by atoms with Crippen LogP contribution in [0.4, 0.5) is 11.4 Å². The Labute approximate surface area is 194 Å². The van der Waals surface area contributed by atoms with Crippen LogP contribution in [0, 0.1) is 0 Å². The van der Waals surface area contributed by atoms with Crippen LogP contribution in [-0.2, 0) is 26.0 Å². The highest BCUT2D eigenvalue weighted by atomic mass is 32.2. The highest BCUT2D eigenvalue weighted by Gasteiger charge is 2.27. The highest BCUT2D eigenvalue weighted by molar-refractivity contribution is 7.89. The fraction of sp³-hybridized carbons (Fsp3) is 0.391. The lowest BCUT2D eigenvalue weighted by Crippen LogP contribution is -2.35. The third-order valence-corrected chi connectivity index (χ3v) is 7.24. The second kappa shape index (κ2) is 10.7. The Morgan fingerprint density at radius 1 is 1.06 bits per heavy atom. The van der Waals surface area contributed by atoms with Gasteiger partial charge in [-0.1, -0.05) is 18.6 Å². The molecule has 2 aromatic carbocycles. The van der Waals surface area contributed by atoms with Crippen molar-refractivity contribution in [3.05, 3.63) is 48.0 Å². The zero-order valence-electron chi connectivity index (χ0n) is 18.9. The molecule has 1 heterocycles. The summed E-state index contributed by atoms with van der Waals surface area (Å²) < 4.78 is 33.1. The molecule has 0 radical (unpaired) electrons. The van der Waals surface area contributed by atoms with E-state index in [1.54, 1.807) is 41.3 Å². The van der Waals surface area contributed by atoms with Crippen molar-refractivity contribution >= 4 is 33.2 Å². The van der Waals surface area contributed by atoms with E-state index in [4.69, 9.17) is 10.5 Å². The highest BCUT2D eigenvalue weighted by Crippen LogP contribution is 2.30. The van der Waals surface area contributed by atoms with Gasteiger partial charge in [-0.25, -0.2) is 8.42 Å². The van der Waals surface area contributed by atoms with Crippen molar-refractivity contribution in [2.24, 2.45) is 5.73 Å². The molecule has 0 aromatic heterocycles. The lowest BCUT2D eigenvalue weighted by molar-refractivity contribution is -0.118. The maximum absolute atomic E-state index is 13.1. The number of nitrogens with one attached hydrogen (secondary N) is 1. The Balaban J connectivity index is 1.71. The fourth-order valence-electron chi connectivity index (χ4n) is 3.66. The minimum Gasteiger partial charge on any atom is -0.484 e. The summed E-state index contributed by atoms with van der Waals surface area (Å²) >= 11 is 0. The zero-order chi connectivity index (χ0) is 24.0. The minimum atomic E-state index is -3.63. The number of hydrogen-bond acceptors (Lipinski definition) is 6. The standard InChI is InChI=1S/C23H30N4O5S/c1-26(2)21-11-10-19(33(30,31)27-12-4-3-5-13-27)15-20(21)25-23(29)16-32-18-8-6-17(7-9-18)14-22(24)28/h6-11,15H,3-5,12-14,16H2,1-2H3,(H2,24,28)(H,25,29). The molecule has 33 heavy (non-hydrogen) atoms. The van der Waals surface area contributed by atoms with Gasteiger partial charge in [-0.05, 0) is 48.7 Å². The first-order chi connectivity index (χ1) is 15.7. The summed E-state index contributed by atoms with van der Waals surface area (Å²) in [7, 11) is -0.00463. The number of sulfonamides is 1. The van der Waals surface area contributed by atoms with E-state index in [1.807, 2.05) is 14.1 Å². The first-order valence-electron chi connectivity index (χ1n) is 10.8. The Kier molecular flexibility index (Phi) is 7.93. The third kappa shape index (κ3) is 6.45. The Hall–Kier alpha value is -3.11. The van der Waals surface area contributed by atoms with Crippen LogP contribution in [0.25, 0.3) is 0 Å². The van der Waals surface area contributed by atoms with Gasteiger partial charge in [0.15, 0.2) is 6.61 Å². The molecule has 1 saturated heterocycles. The minimum absolute atomic E-state index is 0.130. The van der Waals surface area contributed by atoms with E-state index in [0.717, 1.165) is 24.8 Å². The first-order valence-corrected chi connectivity index (χ1v) is 12.2. The predicted octanol–water partition coefficient (Wildman–Crippen LogP) is 1.97. The predicted molar refractivity (Wildman–Crippen MR) is 127 cm³/mol. The molecule has 2 aromatic rings. The van der Waals surface area contributed by atoms with Gasteiger partial charge in [0, 0.05) is 27.2 Å². The van der Waals surface area contributed by atoms with E-state index in [1.165, 1.54) is 10.4 Å². The molecule has 2 amide bonds. The monoisotopic (exact) mass is 474 g/mol. The van der Waals surface area contributed by atoms with Crippen LogP contribution >= 0.6 is 0 Å². The molecule has 3 N–H and O–H groups in total. The molecule has 0 atom stereocenters. The van der Waals surface area contributed by atoms with Crippen molar-refractivity contribution in [2.45, 2.75) is 30.6 Å². The summed E-state index contributed by atoms with van der Waals surface area (Å²) in [5.74, 6) is -0.385. The average molecular weight is 475 g/mol. The SMILES string of the molecule is CN(C)c1ccc(S(=O)(=O)N2CCCCC2)cc1NC(=O)COc1ccc(CC(N)=O)cc1. The number of benzene rings is 2. The van der Waals surface area contributed by atoms with Crippen molar-refractivity contribution in [2.75, 3.05) is 44.0 Å². The fourth-order valence-corrected chi connectivity index (χ4v) is 5.20. The van der Waals surface area contributed by atoms with Crippen LogP contribution in [0.2, 0.25) is 0 Å². The first kappa shape index (κ1) is 24.5. The molecular weight excluding hydrogens is 444 g/mol. The average Bonchev–Trinajstić information content (AvgIpc) is 2.78. The summed E-state index contributed by atoms with van der Waals surface area (Å²) in [4.78, 5) is 25.5. The van der Waals surface area contributed by atoms with E-state index in [2.05, 4.69) is 5.32 Å². The van der Waals surface area contributed by atoms with Gasteiger partial charge < -0.3 is 20.7 Å². The van der Waals surface area contributed by atoms with Gasteiger partial charge in [0.1, 0.15) is 5.75 Å². The molecule has 1 fully saturated rings. The van der Waals surface area contributed by atoms with Crippen LogP contribution < -0.4 is 20.7 Å². The van der Waals surface area contributed by atoms with E-state index in [-0.39, 0.29) is 17.9 Å². The Bertz CT molecular complexity index is 1090. The lowest BCUT2D eigenvalue weighted by atomic mass is 10.1. The molecule has 178 valence electrons. The summed E-state index contributed by atoms with van der Waals surface area (Å²) in [5.41, 5.74) is 7.00. The number of nitrogens with two attached hydrogens (primary N) is 1. The van der Waals surface area contributed by atoms with E-state index in [9.17, 15) is 18.0 Å². The van der Waals surface area contributed by atoms with Crippen LogP contribution in [0.15, 0.2) is 47.4 Å². The van der Waals surface area contributed by atoms with Crippen molar-refractivity contribution in [3.8, 4) is 5.75 Å². The maximum Gasteiger partial charge on any atom is 0.262 e. The largest absolute Gasteiger partial charge is 0.484 e. The van der Waals surface area contributed by atoms with Crippen LogP contribution in [0.3, 0.4) is 0 Å². The van der Waals surface area contributed by atoms with Gasteiger partial charge in [-0.2, -0.15) is 4.31 Å².